The minimum atomic E-state index is 0.437. The van der Waals surface area contributed by atoms with E-state index in [0.29, 0.717) is 13.2 Å². The summed E-state index contributed by atoms with van der Waals surface area (Å²) in [4.78, 5) is 4.86. The smallest absolute Gasteiger partial charge is 0.147 e. The maximum atomic E-state index is 6.17. The number of unbranched alkanes of at least 4 members (excludes halogenated alkanes) is 1. The van der Waals surface area contributed by atoms with E-state index < -0.39 is 0 Å². The van der Waals surface area contributed by atoms with E-state index in [9.17, 15) is 0 Å². The van der Waals surface area contributed by atoms with Gasteiger partial charge in [-0.15, -0.1) is 0 Å². The lowest BCUT2D eigenvalue weighted by molar-refractivity contribution is 0.285. The molecule has 4 nitrogen and oxygen atoms in total. The van der Waals surface area contributed by atoms with Crippen molar-refractivity contribution in [3.8, 4) is 11.5 Å². The van der Waals surface area contributed by atoms with Gasteiger partial charge in [0.25, 0.3) is 0 Å². The molecule has 0 saturated carbocycles. The molecule has 0 aliphatic rings. The van der Waals surface area contributed by atoms with Crippen LogP contribution < -0.4 is 9.47 Å². The summed E-state index contributed by atoms with van der Waals surface area (Å²) in [6.45, 7) is 6.23. The van der Waals surface area contributed by atoms with Crippen molar-refractivity contribution in [3.63, 3.8) is 0 Å². The molecule has 1 aromatic heterocycles. The predicted molar refractivity (Wildman–Crippen MR) is 139 cm³/mol. The largest absolute Gasteiger partial charge is 0.494 e. The molecular weight excluding hydrogens is 420 g/mol. The van der Waals surface area contributed by atoms with Crippen molar-refractivity contribution in [2.75, 3.05) is 6.61 Å². The Morgan fingerprint density at radius 1 is 0.706 bits per heavy atom. The summed E-state index contributed by atoms with van der Waals surface area (Å²) in [5.74, 6) is 2.76. The molecule has 0 bridgehead atoms. The Morgan fingerprint density at radius 2 is 1.47 bits per heavy atom. The van der Waals surface area contributed by atoms with Crippen molar-refractivity contribution in [1.82, 2.24) is 9.55 Å². The predicted octanol–water partition coefficient (Wildman–Crippen LogP) is 7.24. The molecule has 4 heteroatoms. The van der Waals surface area contributed by atoms with E-state index in [2.05, 4.69) is 91.2 Å². The average Bonchev–Trinajstić information content (AvgIpc) is 3.19. The fourth-order valence-corrected chi connectivity index (χ4v) is 4.47. The highest BCUT2D eigenvalue weighted by atomic mass is 16.5. The van der Waals surface area contributed by atoms with Crippen LogP contribution >= 0.6 is 0 Å². The van der Waals surface area contributed by atoms with Crippen LogP contribution in [0.3, 0.4) is 0 Å². The van der Waals surface area contributed by atoms with Gasteiger partial charge in [0.15, 0.2) is 0 Å². The Hall–Kier alpha value is -3.79. The van der Waals surface area contributed by atoms with Crippen LogP contribution in [-0.4, -0.2) is 16.2 Å². The lowest BCUT2D eigenvalue weighted by atomic mass is 10.1. The number of rotatable bonds is 9. The normalized spacial score (nSPS) is 11.2. The van der Waals surface area contributed by atoms with Crippen molar-refractivity contribution in [3.05, 3.63) is 102 Å². The number of hydrogen-bond acceptors (Lipinski definition) is 3. The zero-order chi connectivity index (χ0) is 23.3. The molecule has 0 N–H and O–H groups in total. The number of nitrogens with zero attached hydrogens (tertiary/aromatic N) is 2. The highest BCUT2D eigenvalue weighted by Gasteiger charge is 2.11. The Balaban J connectivity index is 1.24. The first-order chi connectivity index (χ1) is 16.7. The van der Waals surface area contributed by atoms with Crippen LogP contribution in [0.15, 0.2) is 84.9 Å². The number of aryl methyl sites for hydroxylation is 3. The molecule has 0 fully saturated rings. The standard InChI is InChI=1S/C30H30N2O2/c1-22-17-23(2)19-27(18-22)33-16-8-7-15-32-29-12-6-5-11-28(29)31-30(32)21-34-26-14-13-24-9-3-4-10-25(24)20-26/h3-6,9-14,17-20H,7-8,15-16,21H2,1-2H3. The second kappa shape index (κ2) is 10.0. The van der Waals surface area contributed by atoms with E-state index in [0.717, 1.165) is 47.7 Å². The fraction of sp³-hybridized carbons (Fsp3) is 0.233. The molecule has 172 valence electrons. The van der Waals surface area contributed by atoms with Gasteiger partial charge in [-0.1, -0.05) is 48.5 Å². The summed E-state index contributed by atoms with van der Waals surface area (Å²) in [6, 6.07) is 29.2. The van der Waals surface area contributed by atoms with Crippen molar-refractivity contribution in [1.29, 1.82) is 0 Å². The monoisotopic (exact) mass is 450 g/mol. The topological polar surface area (TPSA) is 36.3 Å². The summed E-state index contributed by atoms with van der Waals surface area (Å²) < 4.78 is 14.5. The Morgan fingerprint density at radius 3 is 2.32 bits per heavy atom. The van der Waals surface area contributed by atoms with Gasteiger partial charge in [-0.05, 0) is 85.0 Å². The summed E-state index contributed by atoms with van der Waals surface area (Å²) in [7, 11) is 0. The Labute approximate surface area is 200 Å². The SMILES string of the molecule is Cc1cc(C)cc(OCCCCn2c(COc3ccc4ccccc4c3)nc3ccccc32)c1. The Bertz CT molecular complexity index is 1400. The zero-order valence-corrected chi connectivity index (χ0v) is 19.8. The molecule has 0 aliphatic heterocycles. The van der Waals surface area contributed by atoms with Crippen molar-refractivity contribution >= 4 is 21.8 Å². The number of aromatic nitrogens is 2. The summed E-state index contributed by atoms with van der Waals surface area (Å²) in [5.41, 5.74) is 4.62. The molecule has 0 spiro atoms. The third-order valence-electron chi connectivity index (χ3n) is 6.06. The lowest BCUT2D eigenvalue weighted by Gasteiger charge is -2.12. The molecule has 0 aliphatic carbocycles. The molecule has 0 unspecified atom stereocenters. The van der Waals surface area contributed by atoms with Crippen LogP contribution in [0.4, 0.5) is 0 Å². The van der Waals surface area contributed by atoms with Crippen molar-refractivity contribution in [2.24, 2.45) is 0 Å². The van der Waals surface area contributed by atoms with Crippen LogP contribution in [0.1, 0.15) is 29.8 Å². The van der Waals surface area contributed by atoms with Gasteiger partial charge in [0.1, 0.15) is 23.9 Å². The molecule has 0 atom stereocenters. The third-order valence-corrected chi connectivity index (χ3v) is 6.06. The molecule has 34 heavy (non-hydrogen) atoms. The minimum Gasteiger partial charge on any atom is -0.494 e. The molecule has 5 aromatic rings. The molecule has 1 heterocycles. The van der Waals surface area contributed by atoms with E-state index in [1.807, 2.05) is 12.1 Å². The molecule has 5 rings (SSSR count). The number of hydrogen-bond donors (Lipinski definition) is 0. The van der Waals surface area contributed by atoms with Crippen LogP contribution in [0.25, 0.3) is 21.8 Å². The van der Waals surface area contributed by atoms with Crippen LogP contribution in [-0.2, 0) is 13.2 Å². The first-order valence-corrected chi connectivity index (χ1v) is 11.9. The van der Waals surface area contributed by atoms with E-state index >= 15 is 0 Å². The van der Waals surface area contributed by atoms with E-state index in [1.54, 1.807) is 0 Å². The Kier molecular flexibility index (Phi) is 6.48. The second-order valence-electron chi connectivity index (χ2n) is 8.84. The first-order valence-electron chi connectivity index (χ1n) is 11.9. The molecular formula is C30H30N2O2. The van der Waals surface area contributed by atoms with Gasteiger partial charge >= 0.3 is 0 Å². The molecule has 4 aromatic carbocycles. The van der Waals surface area contributed by atoms with E-state index in [1.165, 1.54) is 21.9 Å². The van der Waals surface area contributed by atoms with Gasteiger partial charge in [0.05, 0.1) is 17.6 Å². The van der Waals surface area contributed by atoms with E-state index in [4.69, 9.17) is 14.5 Å². The third kappa shape index (κ3) is 5.07. The van der Waals surface area contributed by atoms with Gasteiger partial charge in [-0.25, -0.2) is 4.98 Å². The zero-order valence-electron chi connectivity index (χ0n) is 19.8. The number of imidazole rings is 1. The summed E-state index contributed by atoms with van der Waals surface area (Å²) in [6.07, 6.45) is 1.98. The average molecular weight is 451 g/mol. The molecule has 0 saturated heterocycles. The molecule has 0 amide bonds. The highest BCUT2D eigenvalue weighted by Crippen LogP contribution is 2.23. The maximum Gasteiger partial charge on any atom is 0.147 e. The van der Waals surface area contributed by atoms with Crippen molar-refractivity contribution in [2.45, 2.75) is 39.8 Å². The van der Waals surface area contributed by atoms with Crippen LogP contribution in [0.5, 0.6) is 11.5 Å². The lowest BCUT2D eigenvalue weighted by Crippen LogP contribution is -2.09. The highest BCUT2D eigenvalue weighted by molar-refractivity contribution is 5.83. The quantitative estimate of drug-likeness (QED) is 0.222. The van der Waals surface area contributed by atoms with Crippen LogP contribution in [0, 0.1) is 13.8 Å². The molecule has 0 radical (unpaired) electrons. The number of fused-ring (bicyclic) bond motifs is 2. The maximum absolute atomic E-state index is 6.17. The number of ether oxygens (including phenoxy) is 2. The van der Waals surface area contributed by atoms with Crippen LogP contribution in [0.2, 0.25) is 0 Å². The van der Waals surface area contributed by atoms with Gasteiger partial charge in [0, 0.05) is 6.54 Å². The van der Waals surface area contributed by atoms with Gasteiger partial charge in [0.2, 0.25) is 0 Å². The number of para-hydroxylation sites is 2. The van der Waals surface area contributed by atoms with Crippen molar-refractivity contribution < 1.29 is 9.47 Å². The second-order valence-corrected chi connectivity index (χ2v) is 8.84. The summed E-state index contributed by atoms with van der Waals surface area (Å²) >= 11 is 0. The van der Waals surface area contributed by atoms with Gasteiger partial charge < -0.3 is 14.0 Å². The minimum absolute atomic E-state index is 0.437. The van der Waals surface area contributed by atoms with Gasteiger partial charge in [-0.3, -0.25) is 0 Å². The van der Waals surface area contributed by atoms with Gasteiger partial charge in [-0.2, -0.15) is 0 Å². The fourth-order valence-electron chi connectivity index (χ4n) is 4.47. The van der Waals surface area contributed by atoms with E-state index in [-0.39, 0.29) is 0 Å². The number of benzene rings is 4. The summed E-state index contributed by atoms with van der Waals surface area (Å²) in [5, 5.41) is 2.39. The first kappa shape index (κ1) is 22.0.